The Morgan fingerprint density at radius 2 is 2.06 bits per heavy atom. The van der Waals surface area contributed by atoms with Crippen LogP contribution in [-0.2, 0) is 11.2 Å². The Morgan fingerprint density at radius 1 is 1.28 bits per heavy atom. The normalized spacial score (nSPS) is 12.3. The first-order valence-electron chi connectivity index (χ1n) is 10.4. The Balaban J connectivity index is 1.78. The number of carbonyl (C=O) groups excluding carboxylic acids is 1. The molecule has 166 valence electrons. The Kier molecular flexibility index (Phi) is 6.17. The van der Waals surface area contributed by atoms with Crippen molar-refractivity contribution in [2.24, 2.45) is 0 Å². The topological polar surface area (TPSA) is 81.3 Å². The summed E-state index contributed by atoms with van der Waals surface area (Å²) in [7, 11) is 0. The van der Waals surface area contributed by atoms with Gasteiger partial charge in [0.2, 0.25) is 5.91 Å². The van der Waals surface area contributed by atoms with Gasteiger partial charge in [0.1, 0.15) is 5.69 Å². The number of halogens is 1. The molecule has 3 aromatic heterocycles. The minimum absolute atomic E-state index is 0.0819. The Morgan fingerprint density at radius 3 is 2.78 bits per heavy atom. The van der Waals surface area contributed by atoms with Gasteiger partial charge >= 0.3 is 0 Å². The smallest absolute Gasteiger partial charge is 0.268 e. The van der Waals surface area contributed by atoms with E-state index in [0.717, 1.165) is 17.8 Å². The molecule has 7 nitrogen and oxygen atoms in total. The number of nitrogens with zero attached hydrogens (tertiary/aromatic N) is 4. The third-order valence-corrected chi connectivity index (χ3v) is 6.49. The molecule has 32 heavy (non-hydrogen) atoms. The van der Waals surface area contributed by atoms with Crippen LogP contribution in [0.25, 0.3) is 21.9 Å². The first-order valence-corrected chi connectivity index (χ1v) is 11.7. The predicted octanol–water partition coefficient (Wildman–Crippen LogP) is 4.34. The third-order valence-electron chi connectivity index (χ3n) is 5.38. The second-order valence-electron chi connectivity index (χ2n) is 7.84. The highest BCUT2D eigenvalue weighted by molar-refractivity contribution is 7.15. The maximum absolute atomic E-state index is 13.5. The molecule has 3 heterocycles. The van der Waals surface area contributed by atoms with Crippen LogP contribution in [0, 0.1) is 13.8 Å². The number of hydrogen-bond donors (Lipinski definition) is 1. The molecule has 9 heteroatoms. The first-order chi connectivity index (χ1) is 15.3. The van der Waals surface area contributed by atoms with Gasteiger partial charge in [-0.05, 0) is 51.5 Å². The number of aryl methyl sites for hydroxylation is 2. The molecule has 1 atom stereocenters. The van der Waals surface area contributed by atoms with Crippen LogP contribution in [-0.4, -0.2) is 31.1 Å². The monoisotopic (exact) mass is 469 g/mol. The van der Waals surface area contributed by atoms with E-state index in [9.17, 15) is 9.59 Å². The second-order valence-corrected chi connectivity index (χ2v) is 9.11. The van der Waals surface area contributed by atoms with Crippen molar-refractivity contribution in [1.29, 1.82) is 0 Å². The fourth-order valence-corrected chi connectivity index (χ4v) is 4.69. The molecule has 0 bridgehead atoms. The fourth-order valence-electron chi connectivity index (χ4n) is 3.58. The third kappa shape index (κ3) is 4.20. The number of hydrogen-bond acceptors (Lipinski definition) is 5. The number of thiazole rings is 1. The molecular weight excluding hydrogens is 446 g/mol. The molecule has 0 radical (unpaired) electrons. The maximum Gasteiger partial charge on any atom is 0.268 e. The van der Waals surface area contributed by atoms with Gasteiger partial charge < -0.3 is 5.32 Å². The molecule has 0 saturated heterocycles. The number of benzene rings is 1. The number of carbonyl (C=O) groups is 1. The summed E-state index contributed by atoms with van der Waals surface area (Å²) in [5.74, 6) is -0.117. The molecule has 0 aliphatic heterocycles. The van der Waals surface area contributed by atoms with Crippen molar-refractivity contribution in [2.45, 2.75) is 46.6 Å². The molecule has 0 aliphatic carbocycles. The van der Waals surface area contributed by atoms with E-state index in [4.69, 9.17) is 11.6 Å². The van der Waals surface area contributed by atoms with Crippen molar-refractivity contribution in [3.63, 3.8) is 0 Å². The van der Waals surface area contributed by atoms with Crippen LogP contribution in [0.3, 0.4) is 0 Å². The highest BCUT2D eigenvalue weighted by atomic mass is 35.5. The van der Waals surface area contributed by atoms with Crippen LogP contribution in [0.4, 0.5) is 0 Å². The summed E-state index contributed by atoms with van der Waals surface area (Å²) in [6, 6.07) is 9.32. The van der Waals surface area contributed by atoms with Gasteiger partial charge in [0, 0.05) is 27.8 Å². The minimum atomic E-state index is -0.226. The van der Waals surface area contributed by atoms with Crippen molar-refractivity contribution in [2.75, 3.05) is 0 Å². The van der Waals surface area contributed by atoms with E-state index in [1.54, 1.807) is 17.7 Å². The summed E-state index contributed by atoms with van der Waals surface area (Å²) in [5, 5.41) is 10.0. The average molecular weight is 470 g/mol. The van der Waals surface area contributed by atoms with E-state index in [-0.39, 0.29) is 23.9 Å². The quantitative estimate of drug-likeness (QED) is 0.455. The zero-order valence-corrected chi connectivity index (χ0v) is 19.9. The van der Waals surface area contributed by atoms with Gasteiger partial charge in [0.05, 0.1) is 23.4 Å². The van der Waals surface area contributed by atoms with Gasteiger partial charge in [-0.1, -0.05) is 24.6 Å². The van der Waals surface area contributed by atoms with Crippen LogP contribution < -0.4 is 10.9 Å². The van der Waals surface area contributed by atoms with Crippen molar-refractivity contribution < 1.29 is 4.79 Å². The van der Waals surface area contributed by atoms with Crippen molar-refractivity contribution in [3.8, 4) is 16.9 Å². The van der Waals surface area contributed by atoms with E-state index in [2.05, 4.69) is 15.4 Å². The molecule has 1 N–H and O–H groups in total. The van der Waals surface area contributed by atoms with Gasteiger partial charge in [-0.25, -0.2) is 9.67 Å². The van der Waals surface area contributed by atoms with E-state index in [1.807, 2.05) is 50.4 Å². The molecule has 0 spiro atoms. The van der Waals surface area contributed by atoms with E-state index >= 15 is 0 Å². The van der Waals surface area contributed by atoms with Crippen LogP contribution in [0.1, 0.15) is 37.4 Å². The molecule has 4 aromatic rings. The SMILES string of the molecule is CC[C@@H](C)NC(=O)Cc1csc2nc(C)c(-c3cc(C)n(-c4cccc(Cl)c4)n3)c(=O)n12. The molecule has 0 saturated carbocycles. The lowest BCUT2D eigenvalue weighted by molar-refractivity contribution is -0.121. The number of amides is 1. The Bertz CT molecular complexity index is 1370. The lowest BCUT2D eigenvalue weighted by Crippen LogP contribution is -2.34. The van der Waals surface area contributed by atoms with Crippen LogP contribution >= 0.6 is 22.9 Å². The number of rotatable bonds is 6. The molecule has 0 fully saturated rings. The lowest BCUT2D eigenvalue weighted by Gasteiger charge is -2.11. The maximum atomic E-state index is 13.5. The molecule has 1 aromatic carbocycles. The van der Waals surface area contributed by atoms with Crippen LogP contribution in [0.5, 0.6) is 0 Å². The van der Waals surface area contributed by atoms with Gasteiger partial charge in [-0.3, -0.25) is 14.0 Å². The Labute approximate surface area is 194 Å². The minimum Gasteiger partial charge on any atom is -0.353 e. The summed E-state index contributed by atoms with van der Waals surface area (Å²) in [5.41, 5.74) is 3.63. The predicted molar refractivity (Wildman–Crippen MR) is 128 cm³/mol. The average Bonchev–Trinajstić information content (AvgIpc) is 3.31. The highest BCUT2D eigenvalue weighted by Crippen LogP contribution is 2.24. The standard InChI is InChI=1S/C23H24ClN5O2S/c1-5-13(2)25-20(30)11-18-12-32-23-26-15(4)21(22(31)28(18)23)19-9-14(3)29(27-19)17-8-6-7-16(24)10-17/h6-10,12-13H,5,11H2,1-4H3,(H,25,30)/t13-/m1/s1. The van der Waals surface area contributed by atoms with Crippen molar-refractivity contribution in [1.82, 2.24) is 24.5 Å². The van der Waals surface area contributed by atoms with Crippen LogP contribution in [0.15, 0.2) is 40.5 Å². The first kappa shape index (κ1) is 22.2. The second kappa shape index (κ2) is 8.88. The molecule has 1 amide bonds. The summed E-state index contributed by atoms with van der Waals surface area (Å²) in [4.78, 5) is 31.1. The van der Waals surface area contributed by atoms with Gasteiger partial charge in [-0.2, -0.15) is 5.10 Å². The molecule has 4 rings (SSSR count). The summed E-state index contributed by atoms with van der Waals surface area (Å²) >= 11 is 7.49. The Hall–Kier alpha value is -2.97. The van der Waals surface area contributed by atoms with E-state index in [1.165, 1.54) is 15.7 Å². The molecular formula is C23H24ClN5O2S. The van der Waals surface area contributed by atoms with Gasteiger partial charge in [-0.15, -0.1) is 11.3 Å². The largest absolute Gasteiger partial charge is 0.353 e. The number of nitrogens with one attached hydrogen (secondary N) is 1. The molecule has 0 aliphatic rings. The van der Waals surface area contributed by atoms with Gasteiger partial charge in [0.25, 0.3) is 5.56 Å². The van der Waals surface area contributed by atoms with E-state index < -0.39 is 0 Å². The van der Waals surface area contributed by atoms with E-state index in [0.29, 0.717) is 32.6 Å². The summed E-state index contributed by atoms with van der Waals surface area (Å²) < 4.78 is 3.28. The highest BCUT2D eigenvalue weighted by Gasteiger charge is 2.20. The van der Waals surface area contributed by atoms with Crippen LogP contribution in [0.2, 0.25) is 5.02 Å². The summed E-state index contributed by atoms with van der Waals surface area (Å²) in [6.45, 7) is 7.70. The summed E-state index contributed by atoms with van der Waals surface area (Å²) in [6.07, 6.45) is 0.958. The zero-order valence-electron chi connectivity index (χ0n) is 18.3. The van der Waals surface area contributed by atoms with Crippen molar-refractivity contribution in [3.05, 3.63) is 68.2 Å². The zero-order chi connectivity index (χ0) is 23.0. The number of aromatic nitrogens is 4. The fraction of sp³-hybridized carbons (Fsp3) is 0.304. The van der Waals surface area contributed by atoms with Crippen molar-refractivity contribution >= 4 is 33.8 Å². The molecule has 0 unspecified atom stereocenters. The lowest BCUT2D eigenvalue weighted by atomic mass is 10.1. The number of fused-ring (bicyclic) bond motifs is 1. The van der Waals surface area contributed by atoms with Gasteiger partial charge in [0.15, 0.2) is 4.96 Å².